The van der Waals surface area contributed by atoms with E-state index in [0.29, 0.717) is 6.07 Å². The average Bonchev–Trinajstić information content (AvgIpc) is 3.22. The number of hydrogen-bond donors (Lipinski definition) is 4. The molecule has 0 fully saturated rings. The molecule has 3 aromatic rings. The third-order valence-corrected chi connectivity index (χ3v) is 3.32. The number of H-pyrrole nitrogens is 1. The molecule has 0 bridgehead atoms. The number of benzene rings is 1. The molecule has 0 aliphatic rings. The molecule has 25 heavy (non-hydrogen) atoms. The van der Waals surface area contributed by atoms with Gasteiger partial charge in [0.25, 0.3) is 5.91 Å². The Labute approximate surface area is 138 Å². The number of nitrogens with one attached hydrogen (secondary N) is 2. The van der Waals surface area contributed by atoms with Crippen LogP contribution in [0.5, 0.6) is 5.75 Å². The first-order chi connectivity index (χ1) is 12.0. The van der Waals surface area contributed by atoms with Crippen molar-refractivity contribution in [1.82, 2.24) is 30.3 Å². The smallest absolute Gasteiger partial charge is 0.276 e. The van der Waals surface area contributed by atoms with E-state index in [1.165, 1.54) is 6.33 Å². The van der Waals surface area contributed by atoms with Crippen molar-refractivity contribution in [2.75, 3.05) is 6.61 Å². The van der Waals surface area contributed by atoms with Crippen molar-refractivity contribution in [2.45, 2.75) is 6.04 Å². The van der Waals surface area contributed by atoms with Crippen LogP contribution in [-0.2, 0) is 0 Å². The summed E-state index contributed by atoms with van der Waals surface area (Å²) in [6.45, 7) is -0.477. The number of carbonyl (C=O) groups excluding carboxylic acids is 1. The van der Waals surface area contributed by atoms with Crippen LogP contribution in [0.2, 0.25) is 0 Å². The van der Waals surface area contributed by atoms with E-state index in [4.69, 9.17) is 0 Å². The molecular formula is C14H12F2N6O3. The van der Waals surface area contributed by atoms with Gasteiger partial charge in [0, 0.05) is 6.07 Å². The van der Waals surface area contributed by atoms with Gasteiger partial charge in [-0.15, -0.1) is 0 Å². The second-order valence-electron chi connectivity index (χ2n) is 4.98. The first kappa shape index (κ1) is 16.5. The molecule has 11 heteroatoms. The van der Waals surface area contributed by atoms with Gasteiger partial charge in [-0.05, 0) is 12.1 Å². The second kappa shape index (κ2) is 6.65. The highest BCUT2D eigenvalue weighted by molar-refractivity contribution is 5.95. The van der Waals surface area contributed by atoms with Crippen molar-refractivity contribution in [3.63, 3.8) is 0 Å². The standard InChI is InChI=1S/C14H12F2N6O3/c15-7-1-2-10(8(16)3-7)22-4-11(24)12(21-22)14(25)19-9(5-23)13-17-6-18-20-13/h1-4,6,9,23-24H,5H2,(H,19,25)(H,17,18,20)/t9-/m1/s1. The normalized spacial score (nSPS) is 12.1. The van der Waals surface area contributed by atoms with Gasteiger partial charge in [0.1, 0.15) is 29.7 Å². The summed E-state index contributed by atoms with van der Waals surface area (Å²) in [5.74, 6) is -2.82. The van der Waals surface area contributed by atoms with Crippen molar-refractivity contribution < 1.29 is 23.8 Å². The maximum Gasteiger partial charge on any atom is 0.276 e. The summed E-state index contributed by atoms with van der Waals surface area (Å²) >= 11 is 0. The quantitative estimate of drug-likeness (QED) is 0.528. The van der Waals surface area contributed by atoms with Crippen molar-refractivity contribution in [2.24, 2.45) is 0 Å². The van der Waals surface area contributed by atoms with Gasteiger partial charge in [-0.1, -0.05) is 0 Å². The van der Waals surface area contributed by atoms with E-state index in [1.54, 1.807) is 0 Å². The minimum atomic E-state index is -0.913. The molecule has 1 atom stereocenters. The molecule has 0 aliphatic heterocycles. The number of amides is 1. The van der Waals surface area contributed by atoms with Crippen LogP contribution in [-0.4, -0.2) is 47.7 Å². The minimum absolute atomic E-state index is 0.148. The van der Waals surface area contributed by atoms with Crippen LogP contribution in [0.15, 0.2) is 30.7 Å². The Hall–Kier alpha value is -3.34. The van der Waals surface area contributed by atoms with Crippen LogP contribution in [0.1, 0.15) is 22.4 Å². The molecule has 1 amide bonds. The zero-order valence-corrected chi connectivity index (χ0v) is 12.5. The molecule has 4 N–H and O–H groups in total. The number of aromatic hydroxyl groups is 1. The lowest BCUT2D eigenvalue weighted by Crippen LogP contribution is -2.32. The SMILES string of the molecule is O=C(N[C@H](CO)c1ncn[nH]1)c1nn(-c2ccc(F)cc2F)cc1O. The van der Waals surface area contributed by atoms with Crippen molar-refractivity contribution in [1.29, 1.82) is 0 Å². The van der Waals surface area contributed by atoms with Gasteiger partial charge in [0.15, 0.2) is 17.3 Å². The molecule has 3 rings (SSSR count). The molecular weight excluding hydrogens is 338 g/mol. The lowest BCUT2D eigenvalue weighted by molar-refractivity contribution is 0.0905. The molecule has 0 spiro atoms. The maximum absolute atomic E-state index is 13.8. The van der Waals surface area contributed by atoms with Crippen molar-refractivity contribution in [3.8, 4) is 11.4 Å². The van der Waals surface area contributed by atoms with Gasteiger partial charge in [-0.2, -0.15) is 10.2 Å². The van der Waals surface area contributed by atoms with Gasteiger partial charge < -0.3 is 15.5 Å². The Balaban J connectivity index is 1.85. The largest absolute Gasteiger partial charge is 0.504 e. The monoisotopic (exact) mass is 350 g/mol. The van der Waals surface area contributed by atoms with Crippen molar-refractivity contribution in [3.05, 3.63) is 53.9 Å². The van der Waals surface area contributed by atoms with E-state index in [-0.39, 0.29) is 11.5 Å². The fourth-order valence-electron chi connectivity index (χ4n) is 2.13. The fraction of sp³-hybridized carbons (Fsp3) is 0.143. The number of carbonyl (C=O) groups is 1. The molecule has 2 aromatic heterocycles. The lowest BCUT2D eigenvalue weighted by atomic mass is 10.2. The van der Waals surface area contributed by atoms with Gasteiger partial charge in [-0.25, -0.2) is 18.4 Å². The highest BCUT2D eigenvalue weighted by atomic mass is 19.1. The Kier molecular flexibility index (Phi) is 4.39. The van der Waals surface area contributed by atoms with E-state index >= 15 is 0 Å². The minimum Gasteiger partial charge on any atom is -0.504 e. The first-order valence-corrected chi connectivity index (χ1v) is 7.00. The number of aromatic nitrogens is 5. The summed E-state index contributed by atoms with van der Waals surface area (Å²) in [7, 11) is 0. The van der Waals surface area contributed by atoms with Crippen LogP contribution >= 0.6 is 0 Å². The zero-order valence-electron chi connectivity index (χ0n) is 12.5. The predicted molar refractivity (Wildman–Crippen MR) is 78.8 cm³/mol. The summed E-state index contributed by atoms with van der Waals surface area (Å²) in [6.07, 6.45) is 2.21. The molecule has 9 nitrogen and oxygen atoms in total. The molecule has 2 heterocycles. The summed E-state index contributed by atoms with van der Waals surface area (Å²) in [5.41, 5.74) is -0.550. The van der Waals surface area contributed by atoms with E-state index in [0.717, 1.165) is 23.0 Å². The van der Waals surface area contributed by atoms with E-state index in [2.05, 4.69) is 25.6 Å². The summed E-state index contributed by atoms with van der Waals surface area (Å²) in [6, 6.07) is 1.88. The van der Waals surface area contributed by atoms with Gasteiger partial charge in [0.05, 0.1) is 12.8 Å². The number of aromatic amines is 1. The number of aliphatic hydroxyl groups is 1. The Bertz CT molecular complexity index is 896. The van der Waals surface area contributed by atoms with Gasteiger partial charge >= 0.3 is 0 Å². The molecule has 0 aliphatic carbocycles. The number of rotatable bonds is 5. The summed E-state index contributed by atoms with van der Waals surface area (Å²) < 4.78 is 27.7. The van der Waals surface area contributed by atoms with Gasteiger partial charge in [0.2, 0.25) is 0 Å². The molecule has 0 radical (unpaired) electrons. The Morgan fingerprint density at radius 1 is 1.40 bits per heavy atom. The van der Waals surface area contributed by atoms with E-state index in [9.17, 15) is 23.8 Å². The lowest BCUT2D eigenvalue weighted by Gasteiger charge is -2.12. The number of halogens is 2. The maximum atomic E-state index is 13.8. The zero-order chi connectivity index (χ0) is 18.0. The molecule has 0 unspecified atom stereocenters. The highest BCUT2D eigenvalue weighted by Crippen LogP contribution is 2.21. The summed E-state index contributed by atoms with van der Waals surface area (Å²) in [5, 5.41) is 31.5. The molecule has 0 saturated heterocycles. The van der Waals surface area contributed by atoms with Crippen LogP contribution in [0.3, 0.4) is 0 Å². The second-order valence-corrected chi connectivity index (χ2v) is 4.98. The van der Waals surface area contributed by atoms with E-state index in [1.807, 2.05) is 0 Å². The summed E-state index contributed by atoms with van der Waals surface area (Å²) in [4.78, 5) is 16.1. The van der Waals surface area contributed by atoms with Crippen LogP contribution in [0, 0.1) is 11.6 Å². The Morgan fingerprint density at radius 3 is 2.84 bits per heavy atom. The fourth-order valence-corrected chi connectivity index (χ4v) is 2.13. The topological polar surface area (TPSA) is 129 Å². The predicted octanol–water partition coefficient (Wildman–Crippen LogP) is 0.438. The Morgan fingerprint density at radius 2 is 2.20 bits per heavy atom. The molecule has 130 valence electrons. The number of aliphatic hydroxyl groups excluding tert-OH is 1. The third kappa shape index (κ3) is 3.30. The molecule has 1 aromatic carbocycles. The van der Waals surface area contributed by atoms with Crippen molar-refractivity contribution >= 4 is 5.91 Å². The number of nitrogens with zero attached hydrogens (tertiary/aromatic N) is 4. The van der Waals surface area contributed by atoms with Crippen LogP contribution in [0.25, 0.3) is 5.69 Å². The van der Waals surface area contributed by atoms with Crippen LogP contribution < -0.4 is 5.32 Å². The average molecular weight is 350 g/mol. The van der Waals surface area contributed by atoms with E-state index < -0.39 is 41.6 Å². The molecule has 0 saturated carbocycles. The van der Waals surface area contributed by atoms with Gasteiger partial charge in [-0.3, -0.25) is 9.89 Å². The third-order valence-electron chi connectivity index (χ3n) is 3.32. The highest BCUT2D eigenvalue weighted by Gasteiger charge is 2.23. The van der Waals surface area contributed by atoms with Crippen LogP contribution in [0.4, 0.5) is 8.78 Å². The number of hydrogen-bond acceptors (Lipinski definition) is 6. The first-order valence-electron chi connectivity index (χ1n) is 7.00.